The Morgan fingerprint density at radius 2 is 1.13 bits per heavy atom. The highest BCUT2D eigenvalue weighted by Gasteiger charge is 2.17. The Morgan fingerprint density at radius 1 is 0.783 bits per heavy atom. The number of sulfone groups is 1. The van der Waals surface area contributed by atoms with Crippen molar-refractivity contribution in [1.82, 2.24) is 0 Å². The van der Waals surface area contributed by atoms with Crippen molar-refractivity contribution in [3.63, 3.8) is 0 Å². The quantitative estimate of drug-likeness (QED) is 0.765. The average Bonchev–Trinajstić information content (AvgIpc) is 2.47. The van der Waals surface area contributed by atoms with Crippen molar-refractivity contribution in [3.05, 3.63) is 73.5 Å². The zero-order valence-corrected chi connectivity index (χ0v) is 15.2. The minimum absolute atomic E-state index is 0.303. The molecule has 2 radical (unpaired) electrons. The van der Waals surface area contributed by atoms with Crippen LogP contribution in [0.25, 0.3) is 0 Å². The summed E-state index contributed by atoms with van der Waals surface area (Å²) in [5.41, 5.74) is 1.93. The molecule has 2 aromatic rings. The van der Waals surface area contributed by atoms with Crippen LogP contribution in [0.15, 0.2) is 58.3 Å². The van der Waals surface area contributed by atoms with E-state index < -0.39 is 9.84 Å². The Labute approximate surface area is 141 Å². The summed E-state index contributed by atoms with van der Waals surface area (Å²) in [6.07, 6.45) is 0. The lowest BCUT2D eigenvalue weighted by Crippen LogP contribution is -2.02. The highest BCUT2D eigenvalue weighted by Crippen LogP contribution is 2.23. The van der Waals surface area contributed by atoms with Crippen molar-refractivity contribution < 1.29 is 8.42 Å². The smallest absolute Gasteiger partial charge is 0.206 e. The van der Waals surface area contributed by atoms with Gasteiger partial charge in [-0.3, -0.25) is 0 Å². The van der Waals surface area contributed by atoms with Gasteiger partial charge in [-0.25, -0.2) is 8.42 Å². The summed E-state index contributed by atoms with van der Waals surface area (Å²) in [5, 5.41) is 0. The molecule has 124 valence electrons. The second-order valence-corrected chi connectivity index (χ2v) is 8.21. The van der Waals surface area contributed by atoms with Crippen LogP contribution in [0.4, 0.5) is 0 Å². The summed E-state index contributed by atoms with van der Waals surface area (Å²) in [5.74, 6) is 0.974. The van der Waals surface area contributed by atoms with Crippen molar-refractivity contribution in [1.29, 1.82) is 0 Å². The molecule has 2 aromatic carbocycles. The van der Waals surface area contributed by atoms with E-state index in [1.54, 1.807) is 36.4 Å². The van der Waals surface area contributed by atoms with Gasteiger partial charge < -0.3 is 0 Å². The predicted octanol–water partition coefficient (Wildman–Crippen LogP) is 5.30. The molecule has 0 fully saturated rings. The molecule has 0 aliphatic rings. The van der Waals surface area contributed by atoms with Crippen molar-refractivity contribution in [3.8, 4) is 0 Å². The maximum Gasteiger partial charge on any atom is 0.206 e. The first kappa shape index (κ1) is 19.4. The molecule has 2 nitrogen and oxygen atoms in total. The Kier molecular flexibility index (Phi) is 7.01. The van der Waals surface area contributed by atoms with Crippen LogP contribution < -0.4 is 0 Å². The predicted molar refractivity (Wildman–Crippen MR) is 97.1 cm³/mol. The van der Waals surface area contributed by atoms with Gasteiger partial charge in [0.05, 0.1) is 9.79 Å². The molecule has 0 atom stereocenters. The Hall–Kier alpha value is -1.61. The molecule has 0 N–H and O–H groups in total. The van der Waals surface area contributed by atoms with E-state index in [1.165, 1.54) is 0 Å². The van der Waals surface area contributed by atoms with E-state index in [-0.39, 0.29) is 0 Å². The third-order valence-electron chi connectivity index (χ3n) is 3.09. The zero-order chi connectivity index (χ0) is 17.6. The Balaban J connectivity index is 0.000000593. The minimum Gasteiger partial charge on any atom is -0.219 e. The van der Waals surface area contributed by atoms with Crippen LogP contribution in [0.1, 0.15) is 44.7 Å². The zero-order valence-electron chi connectivity index (χ0n) is 14.4. The summed E-state index contributed by atoms with van der Waals surface area (Å²) >= 11 is 0. The monoisotopic (exact) mass is 330 g/mol. The second kappa shape index (κ2) is 8.30. The summed E-state index contributed by atoms with van der Waals surface area (Å²) in [6, 6.07) is 13.7. The average molecular weight is 330 g/mol. The summed E-state index contributed by atoms with van der Waals surface area (Å²) in [4.78, 5) is 0.630. The highest BCUT2D eigenvalue weighted by atomic mass is 32.2. The fourth-order valence-electron chi connectivity index (χ4n) is 1.84. The van der Waals surface area contributed by atoms with Gasteiger partial charge in [0.1, 0.15) is 0 Å². The van der Waals surface area contributed by atoms with Gasteiger partial charge >= 0.3 is 0 Å². The Morgan fingerprint density at radius 3 is 1.48 bits per heavy atom. The van der Waals surface area contributed by atoms with E-state index in [4.69, 9.17) is 0 Å². The summed E-state index contributed by atoms with van der Waals surface area (Å²) in [7, 11) is -3.43. The van der Waals surface area contributed by atoms with Crippen LogP contribution in [-0.2, 0) is 9.84 Å². The van der Waals surface area contributed by atoms with Gasteiger partial charge in [0.25, 0.3) is 0 Å². The van der Waals surface area contributed by atoms with E-state index in [0.29, 0.717) is 21.6 Å². The fourth-order valence-corrected chi connectivity index (χ4v) is 3.10. The first-order valence-corrected chi connectivity index (χ1v) is 9.23. The standard InChI is InChI=1S/C16H17O2S.C4H9/c1-12(2)14-6-10-16(11-7-14)19(17,18)15-8-4-13(3)5-9-15;1-4(2)3/h4-12H,3H2,1-2H3;4H,1H2,2-3H3. The summed E-state index contributed by atoms with van der Waals surface area (Å²) < 4.78 is 24.8. The molecular weight excluding hydrogens is 304 g/mol. The maximum atomic E-state index is 12.4. The van der Waals surface area contributed by atoms with Crippen LogP contribution in [0.2, 0.25) is 0 Å². The molecule has 0 spiro atoms. The van der Waals surface area contributed by atoms with Crippen LogP contribution in [0, 0.1) is 19.8 Å². The lowest BCUT2D eigenvalue weighted by molar-refractivity contribution is 0.596. The lowest BCUT2D eigenvalue weighted by Gasteiger charge is -2.08. The first-order chi connectivity index (χ1) is 10.6. The number of benzene rings is 2. The number of rotatable bonds is 3. The maximum absolute atomic E-state index is 12.4. The van der Waals surface area contributed by atoms with E-state index in [2.05, 4.69) is 41.5 Å². The minimum atomic E-state index is -3.43. The third-order valence-corrected chi connectivity index (χ3v) is 4.88. The van der Waals surface area contributed by atoms with Crippen molar-refractivity contribution in [2.24, 2.45) is 5.92 Å². The molecule has 0 heterocycles. The second-order valence-electron chi connectivity index (χ2n) is 6.26. The van der Waals surface area contributed by atoms with Gasteiger partial charge in [-0.05, 0) is 54.2 Å². The van der Waals surface area contributed by atoms with Crippen LogP contribution >= 0.6 is 0 Å². The van der Waals surface area contributed by atoms with Gasteiger partial charge in [0.15, 0.2) is 0 Å². The van der Waals surface area contributed by atoms with Crippen LogP contribution in [0.3, 0.4) is 0 Å². The van der Waals surface area contributed by atoms with E-state index in [0.717, 1.165) is 11.1 Å². The molecule has 0 saturated heterocycles. The molecule has 23 heavy (non-hydrogen) atoms. The highest BCUT2D eigenvalue weighted by molar-refractivity contribution is 7.91. The van der Waals surface area contributed by atoms with Crippen molar-refractivity contribution >= 4 is 9.84 Å². The molecule has 0 amide bonds. The van der Waals surface area contributed by atoms with E-state index in [9.17, 15) is 8.42 Å². The summed E-state index contributed by atoms with van der Waals surface area (Å²) in [6.45, 7) is 15.7. The van der Waals surface area contributed by atoms with Gasteiger partial charge in [-0.15, -0.1) is 0 Å². The van der Waals surface area contributed by atoms with E-state index >= 15 is 0 Å². The SMILES string of the molecule is [CH2]C(C)C.[CH2]c1ccc(S(=O)(=O)c2ccc(C(C)C)cc2)cc1. The topological polar surface area (TPSA) is 34.1 Å². The third kappa shape index (κ3) is 5.83. The molecule has 2 rings (SSSR count). The normalized spacial score (nSPS) is 11.3. The lowest BCUT2D eigenvalue weighted by atomic mass is 10.0. The fraction of sp³-hybridized carbons (Fsp3) is 0.300. The number of hydrogen-bond acceptors (Lipinski definition) is 2. The van der Waals surface area contributed by atoms with Gasteiger partial charge in [-0.2, -0.15) is 0 Å². The van der Waals surface area contributed by atoms with Gasteiger partial charge in [-0.1, -0.05) is 58.9 Å². The molecule has 0 aliphatic carbocycles. The largest absolute Gasteiger partial charge is 0.219 e. The molecule has 0 aromatic heterocycles. The van der Waals surface area contributed by atoms with E-state index in [1.807, 2.05) is 12.1 Å². The molecule has 3 heteroatoms. The molecule has 0 unspecified atom stereocenters. The molecule has 0 bridgehead atoms. The van der Waals surface area contributed by atoms with Crippen LogP contribution in [-0.4, -0.2) is 8.42 Å². The van der Waals surface area contributed by atoms with Crippen molar-refractivity contribution in [2.75, 3.05) is 0 Å². The Bertz CT molecular complexity index is 692. The molecule has 0 aliphatic heterocycles. The van der Waals surface area contributed by atoms with Gasteiger partial charge in [0, 0.05) is 0 Å². The molecule has 0 saturated carbocycles. The first-order valence-electron chi connectivity index (χ1n) is 7.74. The van der Waals surface area contributed by atoms with Gasteiger partial charge in [0.2, 0.25) is 9.84 Å². The molecular formula is C20H26O2S. The van der Waals surface area contributed by atoms with Crippen LogP contribution in [0.5, 0.6) is 0 Å². The van der Waals surface area contributed by atoms with Crippen molar-refractivity contribution in [2.45, 2.75) is 43.4 Å². The number of hydrogen-bond donors (Lipinski definition) is 0.